The monoisotopic (exact) mass is 627 g/mol. The molecule has 0 amide bonds. The molecule has 39 heavy (non-hydrogen) atoms. The third-order valence-corrected chi connectivity index (χ3v) is 5.89. The number of carbonyl (C=O) groups excluding carboxylic acids is 1. The SMILES string of the molecule is C=C(C)C(=O)OCC[N+](C)(C)CCOP(=O)([O-])OCCC(F)(F)C(F)(F)C(F)(F)C(F)(F)C(F)(F)C(F)(F)F. The van der Waals surface area contributed by atoms with Crippen LogP contribution in [0, 0.1) is 0 Å². The number of likely N-dealkylation sites (N-methyl/N-ethyl adjacent to an activating group) is 1. The molecule has 0 aromatic heterocycles. The number of hydrogen-bond acceptors (Lipinski definition) is 6. The first-order chi connectivity index (χ1) is 17.0. The standard InChI is InChI=1S/C18H23F13NO6P/c1-11(2)12(33)36-9-6-32(3,4)7-10-38-39(34,35)37-8-5-13(19,20)14(21,22)15(23,24)16(25,26)17(27,28)18(29,30)31/h1,5-10H2,2-4H3. The molecule has 0 aromatic carbocycles. The summed E-state index contributed by atoms with van der Waals surface area (Å²) in [6.07, 6.45) is -10.4. The molecule has 0 N–H and O–H groups in total. The van der Waals surface area contributed by atoms with Crippen LogP contribution in [-0.2, 0) is 23.1 Å². The summed E-state index contributed by atoms with van der Waals surface area (Å²) in [4.78, 5) is 22.9. The van der Waals surface area contributed by atoms with Crippen LogP contribution in [0.4, 0.5) is 57.1 Å². The lowest BCUT2D eigenvalue weighted by Crippen LogP contribution is -2.70. The Balaban J connectivity index is 5.20. The van der Waals surface area contributed by atoms with Crippen molar-refractivity contribution in [2.45, 2.75) is 49.1 Å². The second-order valence-corrected chi connectivity index (χ2v) is 10.1. The molecule has 0 aliphatic heterocycles. The van der Waals surface area contributed by atoms with Gasteiger partial charge in [-0.05, 0) is 6.92 Å². The number of phosphoric acid groups is 1. The largest absolute Gasteiger partial charge is 0.756 e. The van der Waals surface area contributed by atoms with Crippen LogP contribution in [0.1, 0.15) is 13.3 Å². The molecular formula is C18H23F13NO6P. The van der Waals surface area contributed by atoms with Crippen LogP contribution in [0.5, 0.6) is 0 Å². The average molecular weight is 627 g/mol. The Bertz CT molecular complexity index is 924. The Kier molecular flexibility index (Phi) is 11.6. The van der Waals surface area contributed by atoms with Crippen molar-refractivity contribution in [3.63, 3.8) is 0 Å². The average Bonchev–Trinajstić information content (AvgIpc) is 2.71. The quantitative estimate of drug-likeness (QED) is 0.0804. The molecule has 0 heterocycles. The molecule has 0 aromatic rings. The van der Waals surface area contributed by atoms with E-state index in [1.807, 2.05) is 0 Å². The number of nitrogens with zero attached hydrogens (tertiary/aromatic N) is 1. The Morgan fingerprint density at radius 1 is 0.769 bits per heavy atom. The van der Waals surface area contributed by atoms with E-state index in [9.17, 15) is 71.3 Å². The summed E-state index contributed by atoms with van der Waals surface area (Å²) in [5, 5.41) is 0. The van der Waals surface area contributed by atoms with Gasteiger partial charge in [0.05, 0.1) is 20.7 Å². The normalized spacial score (nSPS) is 16.1. The second-order valence-electron chi connectivity index (χ2n) is 8.66. The molecule has 0 saturated heterocycles. The van der Waals surface area contributed by atoms with Gasteiger partial charge in [-0.15, -0.1) is 0 Å². The van der Waals surface area contributed by atoms with Crippen LogP contribution >= 0.6 is 7.82 Å². The molecular weight excluding hydrogens is 604 g/mol. The van der Waals surface area contributed by atoms with Crippen LogP contribution < -0.4 is 4.89 Å². The third-order valence-electron chi connectivity index (χ3n) is 4.89. The van der Waals surface area contributed by atoms with E-state index < -0.39 is 69.2 Å². The maximum atomic E-state index is 13.7. The summed E-state index contributed by atoms with van der Waals surface area (Å²) in [6.45, 7) is 1.51. The van der Waals surface area contributed by atoms with Gasteiger partial charge in [0, 0.05) is 12.0 Å². The molecule has 0 radical (unpaired) electrons. The van der Waals surface area contributed by atoms with Crippen molar-refractivity contribution in [2.24, 2.45) is 0 Å². The predicted octanol–water partition coefficient (Wildman–Crippen LogP) is 4.81. The van der Waals surface area contributed by atoms with Crippen LogP contribution in [0.2, 0.25) is 0 Å². The number of quaternary nitrogens is 1. The van der Waals surface area contributed by atoms with E-state index in [0.717, 1.165) is 0 Å². The highest BCUT2D eigenvalue weighted by Gasteiger charge is 2.90. The molecule has 1 atom stereocenters. The second kappa shape index (κ2) is 12.1. The highest BCUT2D eigenvalue weighted by Crippen LogP contribution is 2.60. The first-order valence-corrected chi connectivity index (χ1v) is 11.7. The zero-order valence-electron chi connectivity index (χ0n) is 20.2. The minimum absolute atomic E-state index is 0.0833. The lowest BCUT2D eigenvalue weighted by Gasteiger charge is -2.39. The molecule has 0 aliphatic rings. The molecule has 0 spiro atoms. The fourth-order valence-corrected chi connectivity index (χ4v) is 3.00. The molecule has 0 aliphatic carbocycles. The molecule has 0 saturated carbocycles. The van der Waals surface area contributed by atoms with E-state index in [4.69, 9.17) is 4.74 Å². The van der Waals surface area contributed by atoms with Gasteiger partial charge in [0.15, 0.2) is 0 Å². The van der Waals surface area contributed by atoms with Crippen LogP contribution in [0.3, 0.4) is 0 Å². The Morgan fingerprint density at radius 2 is 1.18 bits per heavy atom. The number of halogens is 13. The minimum Gasteiger partial charge on any atom is -0.756 e. The van der Waals surface area contributed by atoms with E-state index in [1.165, 1.54) is 21.0 Å². The first-order valence-electron chi connectivity index (χ1n) is 10.2. The molecule has 0 bridgehead atoms. The zero-order chi connectivity index (χ0) is 31.5. The predicted molar refractivity (Wildman–Crippen MR) is 103 cm³/mol. The highest BCUT2D eigenvalue weighted by atomic mass is 31.2. The summed E-state index contributed by atoms with van der Waals surface area (Å²) in [6, 6.07) is 0. The van der Waals surface area contributed by atoms with E-state index in [-0.39, 0.29) is 29.8 Å². The fraction of sp³-hybridized carbons (Fsp3) is 0.833. The molecule has 7 nitrogen and oxygen atoms in total. The number of esters is 1. The number of ether oxygens (including phenoxy) is 1. The van der Waals surface area contributed by atoms with Crippen LogP contribution in [-0.4, -0.2) is 93.2 Å². The van der Waals surface area contributed by atoms with Crippen molar-refractivity contribution in [3.8, 4) is 0 Å². The van der Waals surface area contributed by atoms with Crippen molar-refractivity contribution in [1.29, 1.82) is 0 Å². The summed E-state index contributed by atoms with van der Waals surface area (Å²) in [5.74, 6) is -38.7. The smallest absolute Gasteiger partial charge is 0.460 e. The van der Waals surface area contributed by atoms with Crippen LogP contribution in [0.15, 0.2) is 12.2 Å². The Hall–Kier alpha value is -1.63. The molecule has 21 heteroatoms. The fourth-order valence-electron chi connectivity index (χ4n) is 2.30. The lowest BCUT2D eigenvalue weighted by molar-refractivity contribution is -0.890. The number of rotatable bonds is 16. The maximum Gasteiger partial charge on any atom is 0.460 e. The van der Waals surface area contributed by atoms with E-state index in [2.05, 4.69) is 15.6 Å². The van der Waals surface area contributed by atoms with Gasteiger partial charge in [-0.1, -0.05) is 6.58 Å². The van der Waals surface area contributed by atoms with Crippen molar-refractivity contribution in [2.75, 3.05) is 47.0 Å². The van der Waals surface area contributed by atoms with Gasteiger partial charge < -0.3 is 23.2 Å². The van der Waals surface area contributed by atoms with E-state index in [1.54, 1.807) is 0 Å². The van der Waals surface area contributed by atoms with Crippen molar-refractivity contribution in [1.82, 2.24) is 0 Å². The van der Waals surface area contributed by atoms with Gasteiger partial charge >= 0.3 is 41.8 Å². The van der Waals surface area contributed by atoms with Crippen LogP contribution in [0.25, 0.3) is 0 Å². The zero-order valence-corrected chi connectivity index (χ0v) is 21.1. The third kappa shape index (κ3) is 8.68. The van der Waals surface area contributed by atoms with Gasteiger partial charge in [0.2, 0.25) is 0 Å². The molecule has 1 unspecified atom stereocenters. The number of phosphoric ester groups is 1. The summed E-state index contributed by atoms with van der Waals surface area (Å²) < 4.78 is 194. The molecule has 232 valence electrons. The lowest BCUT2D eigenvalue weighted by atomic mass is 9.93. The summed E-state index contributed by atoms with van der Waals surface area (Å²) >= 11 is 0. The summed E-state index contributed by atoms with van der Waals surface area (Å²) in [5.41, 5.74) is 0.0908. The highest BCUT2D eigenvalue weighted by molar-refractivity contribution is 7.45. The number of carbonyl (C=O) groups is 1. The number of hydrogen-bond donors (Lipinski definition) is 0. The van der Waals surface area contributed by atoms with Gasteiger partial charge in [-0.25, -0.2) is 4.79 Å². The van der Waals surface area contributed by atoms with E-state index in [0.29, 0.717) is 0 Å². The van der Waals surface area contributed by atoms with E-state index >= 15 is 0 Å². The van der Waals surface area contributed by atoms with Gasteiger partial charge in [0.1, 0.15) is 26.3 Å². The minimum atomic E-state index is -8.06. The topological polar surface area (TPSA) is 84.9 Å². The van der Waals surface area contributed by atoms with Crippen molar-refractivity contribution in [3.05, 3.63) is 12.2 Å². The van der Waals surface area contributed by atoms with Crippen molar-refractivity contribution < 1.29 is 89.6 Å². The number of alkyl halides is 13. The first kappa shape index (κ1) is 37.4. The van der Waals surface area contributed by atoms with Gasteiger partial charge in [-0.2, -0.15) is 57.1 Å². The molecule has 0 rings (SSSR count). The van der Waals surface area contributed by atoms with Crippen molar-refractivity contribution >= 4 is 13.8 Å². The Morgan fingerprint density at radius 3 is 1.62 bits per heavy atom. The van der Waals surface area contributed by atoms with Gasteiger partial charge in [0.25, 0.3) is 7.82 Å². The molecule has 0 fully saturated rings. The van der Waals surface area contributed by atoms with Gasteiger partial charge in [-0.3, -0.25) is 4.57 Å². The summed E-state index contributed by atoms with van der Waals surface area (Å²) in [7, 11) is -2.67. The Labute approximate surface area is 212 Å². The maximum absolute atomic E-state index is 13.7.